The summed E-state index contributed by atoms with van der Waals surface area (Å²) in [6, 6.07) is 11.8. The van der Waals surface area contributed by atoms with E-state index in [9.17, 15) is 4.79 Å². The van der Waals surface area contributed by atoms with Gasteiger partial charge < -0.3 is 14.6 Å². The molecule has 0 heterocycles. The number of halogens is 1. The van der Waals surface area contributed by atoms with Crippen LogP contribution in [-0.2, 0) is 11.2 Å². The predicted molar refractivity (Wildman–Crippen MR) is 107 cm³/mol. The van der Waals surface area contributed by atoms with E-state index in [1.54, 1.807) is 12.3 Å². The van der Waals surface area contributed by atoms with Gasteiger partial charge in [0, 0.05) is 6.21 Å². The number of rotatable bonds is 8. The maximum Gasteiger partial charge on any atom is 0.341 e. The van der Waals surface area contributed by atoms with Gasteiger partial charge in [-0.15, -0.1) is 0 Å². The molecule has 2 aromatic rings. The van der Waals surface area contributed by atoms with E-state index in [4.69, 9.17) is 14.6 Å². The van der Waals surface area contributed by atoms with Gasteiger partial charge in [0.2, 0.25) is 0 Å². The quantitative estimate of drug-likeness (QED) is 0.473. The van der Waals surface area contributed by atoms with E-state index in [1.807, 2.05) is 25.1 Å². The highest BCUT2D eigenvalue weighted by Gasteiger charge is 2.13. The van der Waals surface area contributed by atoms with Crippen molar-refractivity contribution in [3.8, 4) is 11.5 Å². The van der Waals surface area contributed by atoms with Crippen molar-refractivity contribution in [1.29, 1.82) is 0 Å². The maximum atomic E-state index is 10.7. The molecule has 1 N–H and O–H groups in total. The van der Waals surface area contributed by atoms with Crippen LogP contribution in [0.25, 0.3) is 0 Å². The van der Waals surface area contributed by atoms with Gasteiger partial charge in [0.25, 0.3) is 0 Å². The molecule has 0 aliphatic rings. The number of ether oxygens (including phenoxy) is 2. The Morgan fingerprint density at radius 3 is 2.52 bits per heavy atom. The number of aliphatic carboxylic acids is 1. The molecule has 6 heteroatoms. The second-order valence-electron chi connectivity index (χ2n) is 5.22. The van der Waals surface area contributed by atoms with E-state index in [1.165, 1.54) is 5.56 Å². The third-order valence-corrected chi connectivity index (χ3v) is 4.18. The number of hydrogen-bond donors (Lipinski definition) is 1. The van der Waals surface area contributed by atoms with Crippen LogP contribution in [0.5, 0.6) is 11.5 Å². The molecule has 0 amide bonds. The minimum Gasteiger partial charge on any atom is -0.490 e. The number of aryl methyl sites for hydroxylation is 1. The van der Waals surface area contributed by atoms with Crippen LogP contribution in [0.3, 0.4) is 0 Å². The summed E-state index contributed by atoms with van der Waals surface area (Å²) in [4.78, 5) is 15.2. The zero-order valence-corrected chi connectivity index (χ0v) is 16.3. The van der Waals surface area contributed by atoms with E-state index in [0.717, 1.165) is 21.2 Å². The van der Waals surface area contributed by atoms with Crippen LogP contribution in [0.15, 0.2) is 41.4 Å². The van der Waals surface area contributed by atoms with Crippen molar-refractivity contribution in [2.75, 3.05) is 13.2 Å². The molecule has 0 saturated carbocycles. The fourth-order valence-electron chi connectivity index (χ4n) is 2.17. The van der Waals surface area contributed by atoms with Gasteiger partial charge in [0.1, 0.15) is 0 Å². The first-order valence-corrected chi connectivity index (χ1v) is 9.05. The standard InChI is InChI=1S/C19H20INO4/c1-3-13-5-7-15(8-6-13)21-11-14-9-16(20)19(25-12-18(22)23)17(10-14)24-4-2/h5-11H,3-4,12H2,1-2H3,(H,22,23). The topological polar surface area (TPSA) is 68.1 Å². The van der Waals surface area contributed by atoms with E-state index >= 15 is 0 Å². The molecule has 132 valence electrons. The number of hydrogen-bond acceptors (Lipinski definition) is 4. The lowest BCUT2D eigenvalue weighted by Gasteiger charge is -2.13. The third-order valence-electron chi connectivity index (χ3n) is 3.38. The van der Waals surface area contributed by atoms with Crippen molar-refractivity contribution >= 4 is 40.5 Å². The molecular weight excluding hydrogens is 433 g/mol. The van der Waals surface area contributed by atoms with Crippen molar-refractivity contribution in [1.82, 2.24) is 0 Å². The number of benzene rings is 2. The van der Waals surface area contributed by atoms with Crippen LogP contribution >= 0.6 is 22.6 Å². The summed E-state index contributed by atoms with van der Waals surface area (Å²) in [5.41, 5.74) is 3.00. The Balaban J connectivity index is 2.25. The number of aliphatic imine (C=N–C) groups is 1. The van der Waals surface area contributed by atoms with Crippen LogP contribution in [0.2, 0.25) is 0 Å². The van der Waals surface area contributed by atoms with Gasteiger partial charge in [-0.05, 0) is 71.3 Å². The van der Waals surface area contributed by atoms with Gasteiger partial charge in [-0.2, -0.15) is 0 Å². The Morgan fingerprint density at radius 2 is 1.92 bits per heavy atom. The SMILES string of the molecule is CCOc1cc(C=Nc2ccc(CC)cc2)cc(I)c1OCC(=O)O. The smallest absolute Gasteiger partial charge is 0.341 e. The van der Waals surface area contributed by atoms with Gasteiger partial charge >= 0.3 is 5.97 Å². The van der Waals surface area contributed by atoms with Gasteiger partial charge in [0.05, 0.1) is 15.9 Å². The predicted octanol–water partition coefficient (Wildman–Crippen LogP) is 4.47. The Labute approximate surface area is 160 Å². The van der Waals surface area contributed by atoms with Gasteiger partial charge in [-0.1, -0.05) is 19.1 Å². The average Bonchev–Trinajstić information content (AvgIpc) is 2.59. The fraction of sp³-hybridized carbons (Fsp3) is 0.263. The number of nitrogens with zero attached hydrogens (tertiary/aromatic N) is 1. The van der Waals surface area contributed by atoms with Gasteiger partial charge in [0.15, 0.2) is 18.1 Å². The zero-order chi connectivity index (χ0) is 18.2. The molecule has 0 bridgehead atoms. The van der Waals surface area contributed by atoms with Crippen LogP contribution < -0.4 is 9.47 Å². The first kappa shape index (κ1) is 19.2. The average molecular weight is 453 g/mol. The summed E-state index contributed by atoms with van der Waals surface area (Å²) in [6.07, 6.45) is 2.75. The Bertz CT molecular complexity index is 757. The lowest BCUT2D eigenvalue weighted by molar-refractivity contribution is -0.139. The molecule has 0 fully saturated rings. The normalized spacial score (nSPS) is 10.8. The number of carboxylic acids is 1. The third kappa shape index (κ3) is 5.74. The second kappa shape index (κ2) is 9.41. The van der Waals surface area contributed by atoms with Crippen molar-refractivity contribution in [2.45, 2.75) is 20.3 Å². The molecule has 0 atom stereocenters. The van der Waals surface area contributed by atoms with Crippen molar-refractivity contribution in [3.63, 3.8) is 0 Å². The Morgan fingerprint density at radius 1 is 1.20 bits per heavy atom. The van der Waals surface area contributed by atoms with Crippen LogP contribution in [-0.4, -0.2) is 30.5 Å². The first-order chi connectivity index (χ1) is 12.0. The van der Waals surface area contributed by atoms with E-state index < -0.39 is 12.6 Å². The molecular formula is C19H20INO4. The molecule has 5 nitrogen and oxygen atoms in total. The zero-order valence-electron chi connectivity index (χ0n) is 14.2. The van der Waals surface area contributed by atoms with E-state index in [0.29, 0.717) is 18.1 Å². The highest BCUT2D eigenvalue weighted by atomic mass is 127. The van der Waals surface area contributed by atoms with Crippen molar-refractivity contribution in [2.24, 2.45) is 4.99 Å². The van der Waals surface area contributed by atoms with E-state index in [2.05, 4.69) is 46.6 Å². The van der Waals surface area contributed by atoms with Gasteiger partial charge in [-0.3, -0.25) is 4.99 Å². The minimum absolute atomic E-state index is 0.409. The largest absolute Gasteiger partial charge is 0.490 e. The van der Waals surface area contributed by atoms with Crippen LogP contribution in [0.1, 0.15) is 25.0 Å². The molecule has 25 heavy (non-hydrogen) atoms. The van der Waals surface area contributed by atoms with Crippen molar-refractivity contribution < 1.29 is 19.4 Å². The summed E-state index contributed by atoms with van der Waals surface area (Å²) in [6.45, 7) is 4.03. The molecule has 0 unspecified atom stereocenters. The molecule has 0 aromatic heterocycles. The van der Waals surface area contributed by atoms with Gasteiger partial charge in [-0.25, -0.2) is 4.79 Å². The lowest BCUT2D eigenvalue weighted by atomic mass is 10.1. The first-order valence-electron chi connectivity index (χ1n) is 7.97. The van der Waals surface area contributed by atoms with E-state index in [-0.39, 0.29) is 0 Å². The minimum atomic E-state index is -1.03. The molecule has 2 aromatic carbocycles. The summed E-state index contributed by atoms with van der Waals surface area (Å²) in [7, 11) is 0. The summed E-state index contributed by atoms with van der Waals surface area (Å²) < 4.78 is 11.7. The molecule has 0 saturated heterocycles. The Kier molecular flexibility index (Phi) is 7.24. The molecule has 2 rings (SSSR count). The highest BCUT2D eigenvalue weighted by Crippen LogP contribution is 2.34. The molecule has 0 radical (unpaired) electrons. The van der Waals surface area contributed by atoms with Crippen molar-refractivity contribution in [3.05, 3.63) is 51.1 Å². The second-order valence-corrected chi connectivity index (χ2v) is 6.39. The molecule has 0 aliphatic heterocycles. The number of carbonyl (C=O) groups is 1. The van der Waals surface area contributed by atoms with Crippen LogP contribution in [0.4, 0.5) is 5.69 Å². The summed E-state index contributed by atoms with van der Waals surface area (Å²) >= 11 is 2.10. The fourth-order valence-corrected chi connectivity index (χ4v) is 2.95. The number of carboxylic acid groups (broad SMARTS) is 1. The monoisotopic (exact) mass is 453 g/mol. The lowest BCUT2D eigenvalue weighted by Crippen LogP contribution is -2.11. The summed E-state index contributed by atoms with van der Waals surface area (Å²) in [5.74, 6) is -0.0767. The van der Waals surface area contributed by atoms with Crippen LogP contribution in [0, 0.1) is 3.57 Å². The highest BCUT2D eigenvalue weighted by molar-refractivity contribution is 14.1. The summed E-state index contributed by atoms with van der Waals surface area (Å²) in [5, 5.41) is 8.80. The maximum absolute atomic E-state index is 10.7. The Hall–Kier alpha value is -2.09. The molecule has 0 spiro atoms. The molecule has 0 aliphatic carbocycles.